The molecule has 1 atom stereocenters. The van der Waals surface area contributed by atoms with E-state index in [1.54, 1.807) is 35.3 Å². The zero-order valence-corrected chi connectivity index (χ0v) is 13.7. The molecule has 24 heavy (non-hydrogen) atoms. The average Bonchev–Trinajstić information content (AvgIpc) is 3.11. The lowest BCUT2D eigenvalue weighted by molar-refractivity contribution is 0.249. The molecular formula is C17H16ClN5O. The first-order valence-corrected chi connectivity index (χ1v) is 7.77. The Balaban J connectivity index is 1.60. The van der Waals surface area contributed by atoms with E-state index < -0.39 is 0 Å². The van der Waals surface area contributed by atoms with Crippen LogP contribution in [0.25, 0.3) is 5.69 Å². The van der Waals surface area contributed by atoms with Crippen LogP contribution >= 0.6 is 11.6 Å². The van der Waals surface area contributed by atoms with E-state index in [0.717, 1.165) is 11.3 Å². The van der Waals surface area contributed by atoms with Gasteiger partial charge in [0, 0.05) is 10.7 Å². The lowest BCUT2D eigenvalue weighted by Crippen LogP contribution is -2.31. The molecule has 3 aromatic rings. The molecule has 6 nitrogen and oxygen atoms in total. The van der Waals surface area contributed by atoms with Crippen LogP contribution in [0.15, 0.2) is 61.2 Å². The zero-order chi connectivity index (χ0) is 16.9. The van der Waals surface area contributed by atoms with Crippen molar-refractivity contribution in [3.63, 3.8) is 0 Å². The molecule has 1 unspecified atom stereocenters. The van der Waals surface area contributed by atoms with E-state index in [2.05, 4.69) is 20.7 Å². The molecule has 1 aromatic heterocycles. The average molecular weight is 342 g/mol. The summed E-state index contributed by atoms with van der Waals surface area (Å²) in [4.78, 5) is 16.0. The normalized spacial score (nSPS) is 11.8. The highest BCUT2D eigenvalue weighted by Gasteiger charge is 2.10. The third-order valence-corrected chi connectivity index (χ3v) is 3.78. The number of hydrogen-bond donors (Lipinski definition) is 2. The van der Waals surface area contributed by atoms with E-state index >= 15 is 0 Å². The number of nitrogens with zero attached hydrogens (tertiary/aromatic N) is 3. The van der Waals surface area contributed by atoms with Crippen LogP contribution in [0.5, 0.6) is 0 Å². The van der Waals surface area contributed by atoms with Gasteiger partial charge in [-0.15, -0.1) is 0 Å². The van der Waals surface area contributed by atoms with Crippen LogP contribution in [-0.4, -0.2) is 20.8 Å². The summed E-state index contributed by atoms with van der Waals surface area (Å²) in [5.41, 5.74) is 2.59. The minimum Gasteiger partial charge on any atom is -0.331 e. The van der Waals surface area contributed by atoms with E-state index in [9.17, 15) is 4.79 Å². The summed E-state index contributed by atoms with van der Waals surface area (Å²) in [5, 5.41) is 10.4. The second-order valence-electron chi connectivity index (χ2n) is 5.26. The van der Waals surface area contributed by atoms with Crippen molar-refractivity contribution in [2.45, 2.75) is 13.0 Å². The molecule has 0 aliphatic carbocycles. The molecule has 0 saturated heterocycles. The second-order valence-corrected chi connectivity index (χ2v) is 5.70. The van der Waals surface area contributed by atoms with Crippen molar-refractivity contribution in [1.82, 2.24) is 20.1 Å². The van der Waals surface area contributed by atoms with Gasteiger partial charge in [-0.1, -0.05) is 23.7 Å². The van der Waals surface area contributed by atoms with Crippen LogP contribution in [0.2, 0.25) is 5.02 Å². The van der Waals surface area contributed by atoms with Crippen molar-refractivity contribution in [2.24, 2.45) is 0 Å². The van der Waals surface area contributed by atoms with E-state index in [4.69, 9.17) is 11.6 Å². The Labute approximate surface area is 144 Å². The first-order valence-electron chi connectivity index (χ1n) is 7.40. The quantitative estimate of drug-likeness (QED) is 0.758. The highest BCUT2D eigenvalue weighted by molar-refractivity contribution is 6.30. The Morgan fingerprint density at radius 1 is 1.12 bits per heavy atom. The number of carbonyl (C=O) groups is 1. The van der Waals surface area contributed by atoms with Crippen molar-refractivity contribution < 1.29 is 4.79 Å². The summed E-state index contributed by atoms with van der Waals surface area (Å²) < 4.78 is 1.68. The Kier molecular flexibility index (Phi) is 4.77. The van der Waals surface area contributed by atoms with Gasteiger partial charge in [-0.2, -0.15) is 5.10 Å². The monoisotopic (exact) mass is 341 g/mol. The lowest BCUT2D eigenvalue weighted by atomic mass is 10.1. The van der Waals surface area contributed by atoms with Crippen LogP contribution in [-0.2, 0) is 0 Å². The maximum absolute atomic E-state index is 12.1. The fourth-order valence-electron chi connectivity index (χ4n) is 2.24. The van der Waals surface area contributed by atoms with Gasteiger partial charge >= 0.3 is 6.03 Å². The molecule has 2 amide bonds. The molecule has 2 aromatic carbocycles. The molecule has 122 valence electrons. The summed E-state index contributed by atoms with van der Waals surface area (Å²) in [7, 11) is 0. The van der Waals surface area contributed by atoms with E-state index in [-0.39, 0.29) is 12.1 Å². The molecule has 0 saturated carbocycles. The molecule has 0 aliphatic rings. The van der Waals surface area contributed by atoms with E-state index in [1.165, 1.54) is 6.33 Å². The second kappa shape index (κ2) is 7.14. The predicted octanol–water partition coefficient (Wildman–Crippen LogP) is 3.80. The van der Waals surface area contributed by atoms with Crippen molar-refractivity contribution in [3.05, 3.63) is 71.8 Å². The molecule has 3 rings (SSSR count). The highest BCUT2D eigenvalue weighted by Crippen LogP contribution is 2.16. The van der Waals surface area contributed by atoms with Gasteiger partial charge in [-0.05, 0) is 48.9 Å². The summed E-state index contributed by atoms with van der Waals surface area (Å²) in [5.74, 6) is 0. The maximum Gasteiger partial charge on any atom is 0.319 e. The van der Waals surface area contributed by atoms with Crippen LogP contribution in [0.1, 0.15) is 18.5 Å². The van der Waals surface area contributed by atoms with Gasteiger partial charge in [0.1, 0.15) is 12.7 Å². The molecule has 0 radical (unpaired) electrons. The van der Waals surface area contributed by atoms with Gasteiger partial charge in [0.05, 0.1) is 11.7 Å². The highest BCUT2D eigenvalue weighted by atomic mass is 35.5. The van der Waals surface area contributed by atoms with Gasteiger partial charge in [-0.25, -0.2) is 14.5 Å². The fourth-order valence-corrected chi connectivity index (χ4v) is 2.36. The van der Waals surface area contributed by atoms with E-state index in [0.29, 0.717) is 10.7 Å². The number of nitrogens with one attached hydrogen (secondary N) is 2. The molecular weight excluding hydrogens is 326 g/mol. The summed E-state index contributed by atoms with van der Waals surface area (Å²) in [6, 6.07) is 14.3. The van der Waals surface area contributed by atoms with Gasteiger partial charge in [0.2, 0.25) is 0 Å². The SMILES string of the molecule is CC(NC(=O)Nc1ccc(Cl)cc1)c1ccc(-n2cncn2)cc1. The topological polar surface area (TPSA) is 71.8 Å². The molecule has 0 aliphatic heterocycles. The number of anilines is 1. The van der Waals surface area contributed by atoms with Crippen LogP contribution in [0.4, 0.5) is 10.5 Å². The Morgan fingerprint density at radius 2 is 1.83 bits per heavy atom. The summed E-state index contributed by atoms with van der Waals surface area (Å²) in [6.45, 7) is 1.92. The van der Waals surface area contributed by atoms with Crippen LogP contribution < -0.4 is 10.6 Å². The molecule has 7 heteroatoms. The van der Waals surface area contributed by atoms with Crippen molar-refractivity contribution in [3.8, 4) is 5.69 Å². The molecule has 0 bridgehead atoms. The van der Waals surface area contributed by atoms with Gasteiger partial charge in [0.25, 0.3) is 0 Å². The summed E-state index contributed by atoms with van der Waals surface area (Å²) >= 11 is 5.82. The number of aromatic nitrogens is 3. The number of carbonyl (C=O) groups excluding carboxylic acids is 1. The van der Waals surface area contributed by atoms with Gasteiger partial charge in [-0.3, -0.25) is 0 Å². The van der Waals surface area contributed by atoms with Crippen molar-refractivity contribution >= 4 is 23.3 Å². The predicted molar refractivity (Wildman–Crippen MR) is 93.4 cm³/mol. The third kappa shape index (κ3) is 3.91. The van der Waals surface area contributed by atoms with Crippen molar-refractivity contribution in [1.29, 1.82) is 0 Å². The first kappa shape index (κ1) is 16.0. The van der Waals surface area contributed by atoms with Gasteiger partial charge < -0.3 is 10.6 Å². The number of halogens is 1. The Hall–Kier alpha value is -2.86. The number of rotatable bonds is 4. The Bertz CT molecular complexity index is 800. The molecule has 0 spiro atoms. The number of urea groups is 1. The van der Waals surface area contributed by atoms with Gasteiger partial charge in [0.15, 0.2) is 0 Å². The lowest BCUT2D eigenvalue weighted by Gasteiger charge is -2.15. The minimum atomic E-state index is -0.273. The summed E-state index contributed by atoms with van der Waals surface area (Å²) in [6.07, 6.45) is 3.12. The number of amides is 2. The minimum absolute atomic E-state index is 0.137. The molecule has 1 heterocycles. The smallest absolute Gasteiger partial charge is 0.319 e. The molecule has 2 N–H and O–H groups in total. The first-order chi connectivity index (χ1) is 11.6. The molecule has 0 fully saturated rings. The van der Waals surface area contributed by atoms with Crippen LogP contribution in [0, 0.1) is 0 Å². The Morgan fingerprint density at radius 3 is 2.46 bits per heavy atom. The number of hydrogen-bond acceptors (Lipinski definition) is 3. The fraction of sp³-hybridized carbons (Fsp3) is 0.118. The van der Waals surface area contributed by atoms with Crippen LogP contribution in [0.3, 0.4) is 0 Å². The van der Waals surface area contributed by atoms with Crippen molar-refractivity contribution in [2.75, 3.05) is 5.32 Å². The number of benzene rings is 2. The standard InChI is InChI=1S/C17H16ClN5O/c1-12(21-17(24)22-15-6-4-14(18)5-7-15)13-2-8-16(9-3-13)23-11-19-10-20-23/h2-12H,1H3,(H2,21,22,24). The van der Waals surface area contributed by atoms with E-state index in [1.807, 2.05) is 31.2 Å². The third-order valence-electron chi connectivity index (χ3n) is 3.53. The largest absolute Gasteiger partial charge is 0.331 e. The zero-order valence-electron chi connectivity index (χ0n) is 13.0. The maximum atomic E-state index is 12.1.